The Bertz CT molecular complexity index is 1320. The van der Waals surface area contributed by atoms with Crippen LogP contribution in [0.3, 0.4) is 0 Å². The Labute approximate surface area is 211 Å². The zero-order chi connectivity index (χ0) is 25.3. The summed E-state index contributed by atoms with van der Waals surface area (Å²) in [5, 5.41) is 5.10. The maximum absolute atomic E-state index is 14.6. The summed E-state index contributed by atoms with van der Waals surface area (Å²) in [5.74, 6) is -0.812. The number of fused-ring (bicyclic) bond motifs is 1. The van der Waals surface area contributed by atoms with Gasteiger partial charge in [-0.3, -0.25) is 9.59 Å². The first-order valence-corrected chi connectivity index (χ1v) is 12.4. The Morgan fingerprint density at radius 1 is 0.833 bits per heavy atom. The minimum atomic E-state index is -0.757. The van der Waals surface area contributed by atoms with Crippen molar-refractivity contribution in [3.05, 3.63) is 120 Å². The summed E-state index contributed by atoms with van der Waals surface area (Å²) in [6, 6.07) is 29.4. The highest BCUT2D eigenvalue weighted by Gasteiger charge is 2.30. The van der Waals surface area contributed by atoms with E-state index in [0.717, 1.165) is 21.9 Å². The van der Waals surface area contributed by atoms with Gasteiger partial charge in [0.05, 0.1) is 0 Å². The van der Waals surface area contributed by atoms with Crippen molar-refractivity contribution in [2.24, 2.45) is 0 Å². The summed E-state index contributed by atoms with van der Waals surface area (Å²) in [7, 11) is 0. The van der Waals surface area contributed by atoms with Crippen molar-refractivity contribution in [3.8, 4) is 0 Å². The molecule has 4 nitrogen and oxygen atoms in total. The predicted octanol–water partition coefficient (Wildman–Crippen LogP) is 5.69. The van der Waals surface area contributed by atoms with Crippen LogP contribution in [0, 0.1) is 5.82 Å². The van der Waals surface area contributed by atoms with Gasteiger partial charge >= 0.3 is 0 Å². The number of nitrogens with zero attached hydrogens (tertiary/aromatic N) is 1. The maximum atomic E-state index is 14.6. The molecule has 0 aliphatic carbocycles. The molecule has 4 aromatic carbocycles. The summed E-state index contributed by atoms with van der Waals surface area (Å²) in [6.45, 7) is 2.32. The molecule has 0 aromatic heterocycles. The lowest BCUT2D eigenvalue weighted by atomic mass is 9.99. The number of aryl methyl sites for hydroxylation is 1. The molecule has 0 fully saturated rings. The molecule has 5 heteroatoms. The van der Waals surface area contributed by atoms with Gasteiger partial charge < -0.3 is 10.2 Å². The van der Waals surface area contributed by atoms with Crippen LogP contribution in [0.1, 0.15) is 30.0 Å². The highest BCUT2D eigenvalue weighted by atomic mass is 19.1. The van der Waals surface area contributed by atoms with Crippen molar-refractivity contribution in [3.63, 3.8) is 0 Å². The highest BCUT2D eigenvalue weighted by molar-refractivity contribution is 5.89. The quantitative estimate of drug-likeness (QED) is 0.316. The first kappa shape index (κ1) is 25.1. The number of rotatable bonds is 10. The third-order valence-corrected chi connectivity index (χ3v) is 6.41. The van der Waals surface area contributed by atoms with Crippen LogP contribution >= 0.6 is 0 Å². The zero-order valence-corrected chi connectivity index (χ0v) is 20.5. The molecule has 0 spiro atoms. The molecule has 1 N–H and O–H groups in total. The van der Waals surface area contributed by atoms with E-state index in [4.69, 9.17) is 0 Å². The SMILES string of the molecule is CCNC(=O)[C@H](Cc1ccccc1)N(Cc1ccccc1F)C(=O)CCc1cccc2ccccc12. The van der Waals surface area contributed by atoms with Gasteiger partial charge in [0.1, 0.15) is 11.9 Å². The van der Waals surface area contributed by atoms with Crippen molar-refractivity contribution in [2.75, 3.05) is 6.54 Å². The monoisotopic (exact) mass is 482 g/mol. The van der Waals surface area contributed by atoms with E-state index < -0.39 is 11.9 Å². The van der Waals surface area contributed by atoms with Gasteiger partial charge in [-0.15, -0.1) is 0 Å². The molecule has 4 rings (SSSR count). The zero-order valence-electron chi connectivity index (χ0n) is 20.5. The van der Waals surface area contributed by atoms with Crippen molar-refractivity contribution in [1.82, 2.24) is 10.2 Å². The summed E-state index contributed by atoms with van der Waals surface area (Å²) >= 11 is 0. The summed E-state index contributed by atoms with van der Waals surface area (Å²) in [4.78, 5) is 28.5. The van der Waals surface area contributed by atoms with Crippen LogP contribution in [-0.2, 0) is 29.0 Å². The molecule has 0 saturated carbocycles. The van der Waals surface area contributed by atoms with E-state index in [9.17, 15) is 14.0 Å². The lowest BCUT2D eigenvalue weighted by molar-refractivity contribution is -0.141. The van der Waals surface area contributed by atoms with Crippen molar-refractivity contribution in [2.45, 2.75) is 38.8 Å². The smallest absolute Gasteiger partial charge is 0.243 e. The molecule has 0 bridgehead atoms. The molecular weight excluding hydrogens is 451 g/mol. The van der Waals surface area contributed by atoms with E-state index in [1.54, 1.807) is 23.1 Å². The average molecular weight is 483 g/mol. The number of benzene rings is 4. The normalized spacial score (nSPS) is 11.7. The number of likely N-dealkylation sites (N-methyl/N-ethyl adjacent to an activating group) is 1. The van der Waals surface area contributed by atoms with Gasteiger partial charge in [-0.2, -0.15) is 0 Å². The lowest BCUT2D eigenvalue weighted by Gasteiger charge is -2.31. The molecule has 0 aliphatic heterocycles. The van der Waals surface area contributed by atoms with E-state index in [1.165, 1.54) is 6.07 Å². The number of nitrogens with one attached hydrogen (secondary N) is 1. The maximum Gasteiger partial charge on any atom is 0.243 e. The highest BCUT2D eigenvalue weighted by Crippen LogP contribution is 2.22. The van der Waals surface area contributed by atoms with Gasteiger partial charge in [-0.1, -0.05) is 91.0 Å². The van der Waals surface area contributed by atoms with Crippen LogP contribution in [0.15, 0.2) is 97.1 Å². The fourth-order valence-corrected chi connectivity index (χ4v) is 4.55. The molecule has 0 heterocycles. The van der Waals surface area contributed by atoms with Gasteiger partial charge in [0.15, 0.2) is 0 Å². The van der Waals surface area contributed by atoms with Gasteiger partial charge in [0.25, 0.3) is 0 Å². The predicted molar refractivity (Wildman–Crippen MR) is 142 cm³/mol. The minimum Gasteiger partial charge on any atom is -0.355 e. The molecule has 2 amide bonds. The van der Waals surface area contributed by atoms with E-state index in [1.807, 2.05) is 61.5 Å². The minimum absolute atomic E-state index is 0.0235. The van der Waals surface area contributed by atoms with E-state index in [2.05, 4.69) is 23.5 Å². The standard InChI is InChI=1S/C31H31FN2O2/c1-2-33-31(36)29(21-23-11-4-3-5-12-23)34(22-26-14-7-9-18-28(26)32)30(35)20-19-25-16-10-15-24-13-6-8-17-27(24)25/h3-18,29H,2,19-22H2,1H3,(H,33,36)/t29-/m0/s1. The molecule has 4 aromatic rings. The van der Waals surface area contributed by atoms with Crippen LogP contribution in [-0.4, -0.2) is 29.3 Å². The molecule has 1 atom stereocenters. The first-order chi connectivity index (χ1) is 17.6. The number of amides is 2. The number of hydrogen-bond donors (Lipinski definition) is 1. The van der Waals surface area contributed by atoms with E-state index in [-0.39, 0.29) is 24.8 Å². The number of halogens is 1. The van der Waals surface area contributed by atoms with Gasteiger partial charge in [-0.25, -0.2) is 4.39 Å². The largest absolute Gasteiger partial charge is 0.355 e. The van der Waals surface area contributed by atoms with E-state index >= 15 is 0 Å². The van der Waals surface area contributed by atoms with Crippen molar-refractivity contribution < 1.29 is 14.0 Å². The average Bonchev–Trinajstić information content (AvgIpc) is 2.91. The number of carbonyl (C=O) groups excluding carboxylic acids is 2. The molecule has 0 aliphatic rings. The summed E-state index contributed by atoms with van der Waals surface area (Å²) in [6.07, 6.45) is 1.09. The van der Waals surface area contributed by atoms with Gasteiger partial charge in [0.2, 0.25) is 11.8 Å². The Kier molecular flexibility index (Phi) is 8.45. The fourth-order valence-electron chi connectivity index (χ4n) is 4.55. The summed E-state index contributed by atoms with van der Waals surface area (Å²) < 4.78 is 14.6. The molecule has 184 valence electrons. The Balaban J connectivity index is 1.64. The van der Waals surface area contributed by atoms with Crippen molar-refractivity contribution in [1.29, 1.82) is 0 Å². The Morgan fingerprint density at radius 3 is 2.28 bits per heavy atom. The van der Waals surface area contributed by atoms with Crippen LogP contribution in [0.2, 0.25) is 0 Å². The second kappa shape index (κ2) is 12.1. The van der Waals surface area contributed by atoms with Crippen LogP contribution in [0.4, 0.5) is 4.39 Å². The Hall–Kier alpha value is -3.99. The van der Waals surface area contributed by atoms with Crippen LogP contribution < -0.4 is 5.32 Å². The number of carbonyl (C=O) groups is 2. The number of hydrogen-bond acceptors (Lipinski definition) is 2. The fraction of sp³-hybridized carbons (Fsp3) is 0.226. The second-order valence-electron chi connectivity index (χ2n) is 8.85. The molecule has 0 saturated heterocycles. The van der Waals surface area contributed by atoms with Crippen LogP contribution in [0.5, 0.6) is 0 Å². The third kappa shape index (κ3) is 6.16. The summed E-state index contributed by atoms with van der Waals surface area (Å²) in [5.41, 5.74) is 2.40. The first-order valence-electron chi connectivity index (χ1n) is 12.4. The topological polar surface area (TPSA) is 49.4 Å². The second-order valence-corrected chi connectivity index (χ2v) is 8.85. The van der Waals surface area contributed by atoms with Crippen LogP contribution in [0.25, 0.3) is 10.8 Å². The van der Waals surface area contributed by atoms with Gasteiger partial charge in [0, 0.05) is 31.5 Å². The third-order valence-electron chi connectivity index (χ3n) is 6.41. The van der Waals surface area contributed by atoms with Crippen molar-refractivity contribution >= 4 is 22.6 Å². The lowest BCUT2D eigenvalue weighted by Crippen LogP contribution is -2.50. The molecule has 36 heavy (non-hydrogen) atoms. The van der Waals surface area contributed by atoms with Gasteiger partial charge in [-0.05, 0) is 41.3 Å². The molecule has 0 radical (unpaired) electrons. The molecule has 0 unspecified atom stereocenters. The van der Waals surface area contributed by atoms with E-state index in [0.29, 0.717) is 24.9 Å². The molecular formula is C31H31FN2O2. The Morgan fingerprint density at radius 2 is 1.50 bits per heavy atom.